The van der Waals surface area contributed by atoms with Crippen molar-refractivity contribution in [3.8, 4) is 0 Å². The van der Waals surface area contributed by atoms with E-state index in [1.165, 1.54) is 7.11 Å². The fourth-order valence-corrected chi connectivity index (χ4v) is 0.888. The number of hydrogen-bond donors (Lipinski definition) is 3. The summed E-state index contributed by atoms with van der Waals surface area (Å²) >= 11 is 0. The number of ether oxygens (including phenoxy) is 1. The van der Waals surface area contributed by atoms with Gasteiger partial charge >= 0.3 is 5.69 Å². The van der Waals surface area contributed by atoms with Crippen molar-refractivity contribution in [3.05, 3.63) is 32.6 Å². The van der Waals surface area contributed by atoms with Crippen molar-refractivity contribution in [2.45, 2.75) is 0 Å². The van der Waals surface area contributed by atoms with Gasteiger partial charge in [0, 0.05) is 13.2 Å². The van der Waals surface area contributed by atoms with E-state index in [9.17, 15) is 14.4 Å². The molecule has 1 heterocycles. The van der Waals surface area contributed by atoms with Crippen LogP contribution in [0.25, 0.3) is 0 Å². The Morgan fingerprint density at radius 2 is 2.12 bits per heavy atom. The molecule has 1 rings (SSSR count). The van der Waals surface area contributed by atoms with Crippen molar-refractivity contribution >= 4 is 5.91 Å². The van der Waals surface area contributed by atoms with E-state index in [2.05, 4.69) is 9.72 Å². The van der Waals surface area contributed by atoms with Crippen molar-refractivity contribution in [1.29, 1.82) is 0 Å². The van der Waals surface area contributed by atoms with Crippen LogP contribution in [0.15, 0.2) is 15.7 Å². The van der Waals surface area contributed by atoms with Crippen LogP contribution in [-0.4, -0.2) is 36.2 Å². The molecule has 0 bridgehead atoms. The van der Waals surface area contributed by atoms with Crippen molar-refractivity contribution < 1.29 is 14.4 Å². The molecule has 0 aliphatic rings. The lowest BCUT2D eigenvalue weighted by atomic mass is 10.4. The number of rotatable bonds is 5. The first kappa shape index (κ1) is 12.1. The zero-order chi connectivity index (χ0) is 12.0. The van der Waals surface area contributed by atoms with Gasteiger partial charge in [-0.25, -0.2) is 10.3 Å². The molecule has 3 N–H and O–H groups in total. The Hall–Kier alpha value is -1.93. The van der Waals surface area contributed by atoms with Gasteiger partial charge in [-0.15, -0.1) is 0 Å². The first-order valence-electron chi connectivity index (χ1n) is 4.38. The molecule has 16 heavy (non-hydrogen) atoms. The highest BCUT2D eigenvalue weighted by atomic mass is 16.7. The summed E-state index contributed by atoms with van der Waals surface area (Å²) in [7, 11) is 1.49. The summed E-state index contributed by atoms with van der Waals surface area (Å²) in [5.41, 5.74) is 0.455. The van der Waals surface area contributed by atoms with Gasteiger partial charge in [0.05, 0.1) is 13.2 Å². The Labute approximate surface area is 89.5 Å². The molecule has 0 aliphatic carbocycles. The smallest absolute Gasteiger partial charge is 0.326 e. The zero-order valence-corrected chi connectivity index (χ0v) is 8.53. The Bertz CT molecular complexity index is 435. The predicted molar refractivity (Wildman–Crippen MR) is 53.0 cm³/mol. The maximum Gasteiger partial charge on any atom is 0.326 e. The Kier molecular flexibility index (Phi) is 4.42. The van der Waals surface area contributed by atoms with Crippen LogP contribution in [0.3, 0.4) is 0 Å². The second-order valence-electron chi connectivity index (χ2n) is 2.77. The van der Waals surface area contributed by atoms with Crippen LogP contribution in [0.5, 0.6) is 0 Å². The minimum Gasteiger partial charge on any atom is -0.382 e. The van der Waals surface area contributed by atoms with E-state index in [-0.39, 0.29) is 12.3 Å². The molecule has 8 nitrogen and oxygen atoms in total. The fourth-order valence-electron chi connectivity index (χ4n) is 0.888. The maximum absolute atomic E-state index is 11.3. The maximum atomic E-state index is 11.3. The van der Waals surface area contributed by atoms with Gasteiger partial charge in [0.25, 0.3) is 11.5 Å². The van der Waals surface area contributed by atoms with E-state index < -0.39 is 17.2 Å². The second-order valence-corrected chi connectivity index (χ2v) is 2.77. The summed E-state index contributed by atoms with van der Waals surface area (Å²) < 4.78 is 4.68. The van der Waals surface area contributed by atoms with Gasteiger partial charge in [0.2, 0.25) is 0 Å². The van der Waals surface area contributed by atoms with Crippen LogP contribution in [0.1, 0.15) is 10.5 Å². The molecule has 0 fully saturated rings. The predicted octanol–water partition coefficient (Wildman–Crippen LogP) is -1.63. The number of nitrogens with one attached hydrogen (secondary N) is 3. The molecule has 0 spiro atoms. The molecule has 1 amide bonds. The van der Waals surface area contributed by atoms with Crippen LogP contribution >= 0.6 is 0 Å². The number of amides is 1. The molecule has 0 unspecified atom stereocenters. The average Bonchev–Trinajstić information content (AvgIpc) is 2.22. The number of carbonyl (C=O) groups is 1. The second kappa shape index (κ2) is 5.83. The summed E-state index contributed by atoms with van der Waals surface area (Å²) in [6.07, 6.45) is 0. The van der Waals surface area contributed by atoms with E-state index in [0.29, 0.717) is 6.61 Å². The largest absolute Gasteiger partial charge is 0.382 e. The first-order valence-corrected chi connectivity index (χ1v) is 4.38. The summed E-state index contributed by atoms with van der Waals surface area (Å²) in [5, 5.41) is 0. The quantitative estimate of drug-likeness (QED) is 0.414. The number of aromatic amines is 2. The third kappa shape index (κ3) is 3.67. The SMILES string of the molecule is COCCONC(=O)c1cc(=O)[nH]c(=O)[nH]1. The number of hydrogen-bond acceptors (Lipinski definition) is 5. The van der Waals surface area contributed by atoms with E-state index in [0.717, 1.165) is 6.07 Å². The van der Waals surface area contributed by atoms with Crippen molar-refractivity contribution in [2.24, 2.45) is 0 Å². The van der Waals surface area contributed by atoms with Gasteiger partial charge in [0.1, 0.15) is 5.69 Å². The monoisotopic (exact) mass is 229 g/mol. The standard InChI is InChI=1S/C8H11N3O5/c1-15-2-3-16-11-7(13)5-4-6(12)10-8(14)9-5/h4H,2-3H2,1H3,(H,11,13)(H2,9,10,12,14). The van der Waals surface area contributed by atoms with Crippen LogP contribution in [0, 0.1) is 0 Å². The van der Waals surface area contributed by atoms with Crippen molar-refractivity contribution in [3.63, 3.8) is 0 Å². The summed E-state index contributed by atoms with van der Waals surface area (Å²) in [5.74, 6) is -0.709. The molecule has 0 aliphatic heterocycles. The van der Waals surface area contributed by atoms with Gasteiger partial charge in [0.15, 0.2) is 0 Å². The first-order chi connectivity index (χ1) is 7.63. The topological polar surface area (TPSA) is 113 Å². The van der Waals surface area contributed by atoms with Crippen LogP contribution in [-0.2, 0) is 9.57 Å². The molecule has 0 saturated carbocycles. The Balaban J connectivity index is 2.59. The third-order valence-corrected chi connectivity index (χ3v) is 1.56. The highest BCUT2D eigenvalue weighted by Crippen LogP contribution is 1.85. The van der Waals surface area contributed by atoms with E-state index in [1.54, 1.807) is 0 Å². The Morgan fingerprint density at radius 3 is 2.75 bits per heavy atom. The number of H-pyrrole nitrogens is 2. The number of aromatic nitrogens is 2. The lowest BCUT2D eigenvalue weighted by Crippen LogP contribution is -2.31. The molecule has 0 radical (unpaired) electrons. The highest BCUT2D eigenvalue weighted by molar-refractivity contribution is 5.91. The zero-order valence-electron chi connectivity index (χ0n) is 8.53. The van der Waals surface area contributed by atoms with E-state index >= 15 is 0 Å². The molecule has 8 heteroatoms. The minimum absolute atomic E-state index is 0.162. The molecule has 88 valence electrons. The molecule has 1 aromatic heterocycles. The summed E-state index contributed by atoms with van der Waals surface area (Å²) in [4.78, 5) is 41.8. The van der Waals surface area contributed by atoms with Gasteiger partial charge in [-0.3, -0.25) is 19.4 Å². The van der Waals surface area contributed by atoms with Crippen LogP contribution < -0.4 is 16.7 Å². The van der Waals surface area contributed by atoms with Gasteiger partial charge in [-0.2, -0.15) is 0 Å². The molecular weight excluding hydrogens is 218 g/mol. The summed E-state index contributed by atoms with van der Waals surface area (Å²) in [6.45, 7) is 0.474. The molecule has 1 aromatic rings. The normalized spacial score (nSPS) is 10.1. The average molecular weight is 229 g/mol. The number of hydroxylamine groups is 1. The fraction of sp³-hybridized carbons (Fsp3) is 0.375. The van der Waals surface area contributed by atoms with Gasteiger partial charge in [-0.05, 0) is 0 Å². The number of methoxy groups -OCH3 is 1. The molecule has 0 saturated heterocycles. The lowest BCUT2D eigenvalue weighted by molar-refractivity contribution is 0.00854. The minimum atomic E-state index is -0.755. The van der Waals surface area contributed by atoms with Crippen molar-refractivity contribution in [2.75, 3.05) is 20.3 Å². The van der Waals surface area contributed by atoms with Gasteiger partial charge < -0.3 is 9.72 Å². The van der Waals surface area contributed by atoms with Crippen LogP contribution in [0.2, 0.25) is 0 Å². The molecular formula is C8H11N3O5. The van der Waals surface area contributed by atoms with E-state index in [4.69, 9.17) is 4.84 Å². The molecule has 0 atom stereocenters. The highest BCUT2D eigenvalue weighted by Gasteiger charge is 2.07. The Morgan fingerprint density at radius 1 is 1.38 bits per heavy atom. The number of carbonyl (C=O) groups excluding carboxylic acids is 1. The lowest BCUT2D eigenvalue weighted by Gasteiger charge is -2.04. The van der Waals surface area contributed by atoms with Crippen molar-refractivity contribution in [1.82, 2.24) is 15.4 Å². The molecule has 0 aromatic carbocycles. The third-order valence-electron chi connectivity index (χ3n) is 1.56. The van der Waals surface area contributed by atoms with Crippen LogP contribution in [0.4, 0.5) is 0 Å². The summed E-state index contributed by atoms with van der Waals surface area (Å²) in [6, 6.07) is 0.955. The van der Waals surface area contributed by atoms with E-state index in [1.807, 2.05) is 10.5 Å². The van der Waals surface area contributed by atoms with Gasteiger partial charge in [-0.1, -0.05) is 0 Å².